The predicted octanol–water partition coefficient (Wildman–Crippen LogP) is 5.11. The minimum absolute atomic E-state index is 0.0776. The van der Waals surface area contributed by atoms with E-state index in [-0.39, 0.29) is 28.5 Å². The van der Waals surface area contributed by atoms with Crippen molar-refractivity contribution in [1.29, 1.82) is 0 Å². The molecule has 2 nitrogen and oxygen atoms in total. The van der Waals surface area contributed by atoms with E-state index >= 15 is 0 Å². The van der Waals surface area contributed by atoms with Gasteiger partial charge in [-0.1, -0.05) is 64.1 Å². The van der Waals surface area contributed by atoms with E-state index in [2.05, 4.69) is 39.8 Å². The van der Waals surface area contributed by atoms with Crippen molar-refractivity contribution < 1.29 is 13.9 Å². The van der Waals surface area contributed by atoms with Crippen LogP contribution in [0.25, 0.3) is 0 Å². The van der Waals surface area contributed by atoms with Gasteiger partial charge in [0.15, 0.2) is 0 Å². The average molecular weight is 340 g/mol. The maximum atomic E-state index is 13.2. The van der Waals surface area contributed by atoms with Crippen LogP contribution in [0.5, 0.6) is 0 Å². The summed E-state index contributed by atoms with van der Waals surface area (Å²) >= 11 is 0. The molecule has 0 bridgehead atoms. The number of carbonyl (C=O) groups is 1. The number of rotatable bonds is 2. The summed E-state index contributed by atoms with van der Waals surface area (Å²) in [5, 5.41) is 0. The SMILES string of the molecule is CC(C)(C)c1ccc(C2CC(C)(c3ccc(F)cc3)COC2=O)cc1. The molecule has 0 amide bonds. The highest BCUT2D eigenvalue weighted by Crippen LogP contribution is 2.40. The number of carbonyl (C=O) groups excluding carboxylic acids is 1. The fourth-order valence-electron chi connectivity index (χ4n) is 3.45. The Morgan fingerprint density at radius 1 is 1.04 bits per heavy atom. The second-order valence-electron chi connectivity index (χ2n) is 8.30. The molecule has 25 heavy (non-hydrogen) atoms. The molecule has 2 aromatic rings. The number of benzene rings is 2. The molecule has 0 aliphatic carbocycles. The molecule has 3 rings (SSSR count). The number of cyclic esters (lactones) is 1. The van der Waals surface area contributed by atoms with Crippen molar-refractivity contribution >= 4 is 5.97 Å². The maximum Gasteiger partial charge on any atom is 0.313 e. The van der Waals surface area contributed by atoms with Gasteiger partial charge in [-0.25, -0.2) is 4.39 Å². The Morgan fingerprint density at radius 3 is 2.20 bits per heavy atom. The minimum atomic E-state index is -0.311. The van der Waals surface area contributed by atoms with Gasteiger partial charge < -0.3 is 4.74 Å². The molecular weight excluding hydrogens is 315 g/mol. The molecule has 1 heterocycles. The Kier molecular flexibility index (Phi) is 4.44. The summed E-state index contributed by atoms with van der Waals surface area (Å²) in [5.41, 5.74) is 2.98. The number of hydrogen-bond acceptors (Lipinski definition) is 2. The van der Waals surface area contributed by atoms with Gasteiger partial charge in [0.2, 0.25) is 0 Å². The van der Waals surface area contributed by atoms with E-state index in [1.165, 1.54) is 17.7 Å². The molecule has 3 heteroatoms. The molecule has 2 aromatic carbocycles. The molecule has 1 aliphatic heterocycles. The summed E-state index contributed by atoms with van der Waals surface area (Å²) in [4.78, 5) is 12.4. The highest BCUT2D eigenvalue weighted by Gasteiger charge is 2.40. The first-order valence-electron chi connectivity index (χ1n) is 8.72. The lowest BCUT2D eigenvalue weighted by Gasteiger charge is -2.37. The molecule has 1 fully saturated rings. The van der Waals surface area contributed by atoms with Gasteiger partial charge in [0.05, 0.1) is 5.92 Å². The molecule has 1 saturated heterocycles. The maximum absolute atomic E-state index is 13.2. The van der Waals surface area contributed by atoms with Gasteiger partial charge in [0.1, 0.15) is 12.4 Å². The molecule has 0 saturated carbocycles. The van der Waals surface area contributed by atoms with Crippen LogP contribution in [0.3, 0.4) is 0 Å². The van der Waals surface area contributed by atoms with E-state index in [0.717, 1.165) is 11.1 Å². The van der Waals surface area contributed by atoms with Gasteiger partial charge in [-0.05, 0) is 40.7 Å². The zero-order valence-corrected chi connectivity index (χ0v) is 15.3. The van der Waals surface area contributed by atoms with Crippen LogP contribution < -0.4 is 0 Å². The minimum Gasteiger partial charge on any atom is -0.464 e. The lowest BCUT2D eigenvalue weighted by atomic mass is 9.72. The van der Waals surface area contributed by atoms with E-state index in [0.29, 0.717) is 13.0 Å². The van der Waals surface area contributed by atoms with Crippen molar-refractivity contribution in [3.05, 3.63) is 71.0 Å². The molecule has 0 radical (unpaired) electrons. The molecular formula is C22H25FO2. The zero-order valence-electron chi connectivity index (χ0n) is 15.3. The van der Waals surface area contributed by atoms with Crippen LogP contribution in [0.15, 0.2) is 48.5 Å². The summed E-state index contributed by atoms with van der Waals surface area (Å²) < 4.78 is 18.7. The smallest absolute Gasteiger partial charge is 0.313 e. The van der Waals surface area contributed by atoms with E-state index in [4.69, 9.17) is 4.74 Å². The standard InChI is InChI=1S/C22H25FO2/c1-21(2,3)16-7-5-15(6-8-16)19-13-22(4,14-25-20(19)24)17-9-11-18(23)12-10-17/h5-12,19H,13-14H2,1-4H3. The Labute approximate surface area is 149 Å². The van der Waals surface area contributed by atoms with Crippen molar-refractivity contribution in [2.75, 3.05) is 6.61 Å². The Hall–Kier alpha value is -2.16. The fourth-order valence-corrected chi connectivity index (χ4v) is 3.45. The summed E-state index contributed by atoms with van der Waals surface area (Å²) in [6.45, 7) is 8.91. The quantitative estimate of drug-likeness (QED) is 0.710. The van der Waals surface area contributed by atoms with Gasteiger partial charge >= 0.3 is 5.97 Å². The van der Waals surface area contributed by atoms with Crippen molar-refractivity contribution in [3.8, 4) is 0 Å². The van der Waals surface area contributed by atoms with Crippen molar-refractivity contribution in [3.63, 3.8) is 0 Å². The molecule has 0 N–H and O–H groups in total. The van der Waals surface area contributed by atoms with Crippen LogP contribution in [0.4, 0.5) is 4.39 Å². The summed E-state index contributed by atoms with van der Waals surface area (Å²) in [5.74, 6) is -0.726. The monoisotopic (exact) mass is 340 g/mol. The molecule has 132 valence electrons. The molecule has 2 atom stereocenters. The Bertz CT molecular complexity index is 756. The van der Waals surface area contributed by atoms with Gasteiger partial charge in [0.25, 0.3) is 0 Å². The lowest BCUT2D eigenvalue weighted by Crippen LogP contribution is -2.39. The molecule has 0 aromatic heterocycles. The molecule has 0 spiro atoms. The van der Waals surface area contributed by atoms with Crippen molar-refractivity contribution in [2.45, 2.75) is 50.9 Å². The summed E-state index contributed by atoms with van der Waals surface area (Å²) in [6.07, 6.45) is 0.659. The van der Waals surface area contributed by atoms with Crippen LogP contribution in [-0.2, 0) is 20.4 Å². The Balaban J connectivity index is 1.88. The second-order valence-corrected chi connectivity index (χ2v) is 8.30. The molecule has 2 unspecified atom stereocenters. The summed E-state index contributed by atoms with van der Waals surface area (Å²) in [7, 11) is 0. The van der Waals surface area contributed by atoms with Gasteiger partial charge in [-0.2, -0.15) is 0 Å². The van der Waals surface area contributed by atoms with Crippen LogP contribution >= 0.6 is 0 Å². The largest absolute Gasteiger partial charge is 0.464 e. The van der Waals surface area contributed by atoms with E-state index in [1.54, 1.807) is 12.1 Å². The predicted molar refractivity (Wildman–Crippen MR) is 97.2 cm³/mol. The Morgan fingerprint density at radius 2 is 1.64 bits per heavy atom. The molecule has 1 aliphatic rings. The number of halogens is 1. The first kappa shape index (κ1) is 17.7. The van der Waals surface area contributed by atoms with Crippen molar-refractivity contribution in [1.82, 2.24) is 0 Å². The van der Waals surface area contributed by atoms with E-state index in [9.17, 15) is 9.18 Å². The number of ether oxygens (including phenoxy) is 1. The van der Waals surface area contributed by atoms with Gasteiger partial charge in [0, 0.05) is 5.41 Å². The first-order valence-corrected chi connectivity index (χ1v) is 8.72. The first-order chi connectivity index (χ1) is 11.7. The third-order valence-electron chi connectivity index (χ3n) is 5.19. The number of esters is 1. The topological polar surface area (TPSA) is 26.3 Å². The highest BCUT2D eigenvalue weighted by atomic mass is 19.1. The highest BCUT2D eigenvalue weighted by molar-refractivity contribution is 5.79. The van der Waals surface area contributed by atoms with Gasteiger partial charge in [-0.15, -0.1) is 0 Å². The van der Waals surface area contributed by atoms with E-state index in [1.807, 2.05) is 12.1 Å². The van der Waals surface area contributed by atoms with Crippen LogP contribution in [0, 0.1) is 5.82 Å². The van der Waals surface area contributed by atoms with Crippen LogP contribution in [-0.4, -0.2) is 12.6 Å². The van der Waals surface area contributed by atoms with Gasteiger partial charge in [-0.3, -0.25) is 4.79 Å². The zero-order chi connectivity index (χ0) is 18.2. The van der Waals surface area contributed by atoms with Crippen LogP contribution in [0.2, 0.25) is 0 Å². The second kappa shape index (κ2) is 6.29. The average Bonchev–Trinajstić information content (AvgIpc) is 2.57. The van der Waals surface area contributed by atoms with Crippen LogP contribution in [0.1, 0.15) is 56.7 Å². The third kappa shape index (κ3) is 3.60. The summed E-state index contributed by atoms with van der Waals surface area (Å²) in [6, 6.07) is 14.7. The van der Waals surface area contributed by atoms with Crippen molar-refractivity contribution in [2.24, 2.45) is 0 Å². The fraction of sp³-hybridized carbons (Fsp3) is 0.409. The third-order valence-corrected chi connectivity index (χ3v) is 5.19. The lowest BCUT2D eigenvalue weighted by molar-refractivity contribution is -0.153. The normalized spacial score (nSPS) is 24.0. The number of hydrogen-bond donors (Lipinski definition) is 0. The van der Waals surface area contributed by atoms with E-state index < -0.39 is 0 Å².